The number of amides is 2. The van der Waals surface area contributed by atoms with E-state index in [1.807, 2.05) is 27.7 Å². The highest BCUT2D eigenvalue weighted by atomic mass is 16.2. The van der Waals surface area contributed by atoms with Crippen LogP contribution in [-0.4, -0.2) is 23.9 Å². The number of hydrogen-bond donors (Lipinski definition) is 2. The minimum absolute atomic E-state index is 0.0424. The van der Waals surface area contributed by atoms with E-state index >= 15 is 0 Å². The Labute approximate surface area is 97.2 Å². The lowest BCUT2D eigenvalue weighted by Gasteiger charge is -2.34. The van der Waals surface area contributed by atoms with Gasteiger partial charge in [-0.2, -0.15) is 0 Å². The van der Waals surface area contributed by atoms with Crippen molar-refractivity contribution < 1.29 is 9.59 Å². The van der Waals surface area contributed by atoms with Crippen LogP contribution in [0.3, 0.4) is 0 Å². The van der Waals surface area contributed by atoms with E-state index in [1.54, 1.807) is 0 Å². The lowest BCUT2D eigenvalue weighted by atomic mass is 9.91. The lowest BCUT2D eigenvalue weighted by Crippen LogP contribution is -2.65. The summed E-state index contributed by atoms with van der Waals surface area (Å²) in [7, 11) is 0. The maximum atomic E-state index is 11.8. The Kier molecular flexibility index (Phi) is 4.33. The van der Waals surface area contributed by atoms with Crippen LogP contribution in [-0.2, 0) is 9.59 Å². The maximum absolute atomic E-state index is 11.8. The molecule has 4 heteroatoms. The lowest BCUT2D eigenvalue weighted by molar-refractivity contribution is -0.139. The minimum Gasteiger partial charge on any atom is -0.342 e. The second kappa shape index (κ2) is 5.32. The van der Waals surface area contributed by atoms with Crippen molar-refractivity contribution in [3.8, 4) is 0 Å². The van der Waals surface area contributed by atoms with Crippen LogP contribution in [0.15, 0.2) is 0 Å². The van der Waals surface area contributed by atoms with Gasteiger partial charge in [-0.25, -0.2) is 0 Å². The van der Waals surface area contributed by atoms with Crippen LogP contribution in [0.1, 0.15) is 40.5 Å². The van der Waals surface area contributed by atoms with Gasteiger partial charge in [-0.15, -0.1) is 0 Å². The van der Waals surface area contributed by atoms with E-state index in [2.05, 4.69) is 10.6 Å². The molecule has 2 N–H and O–H groups in total. The topological polar surface area (TPSA) is 58.2 Å². The van der Waals surface area contributed by atoms with Crippen LogP contribution >= 0.6 is 0 Å². The summed E-state index contributed by atoms with van der Waals surface area (Å²) < 4.78 is 0. The van der Waals surface area contributed by atoms with Gasteiger partial charge in [0.15, 0.2) is 0 Å². The fourth-order valence-electron chi connectivity index (χ4n) is 1.89. The van der Waals surface area contributed by atoms with Gasteiger partial charge in [0.1, 0.15) is 12.1 Å². The van der Waals surface area contributed by atoms with E-state index in [-0.39, 0.29) is 35.7 Å². The number of carbonyl (C=O) groups excluding carboxylic acids is 2. The summed E-state index contributed by atoms with van der Waals surface area (Å²) >= 11 is 0. The second-order valence-corrected chi connectivity index (χ2v) is 4.74. The van der Waals surface area contributed by atoms with Crippen molar-refractivity contribution in [3.05, 3.63) is 0 Å². The summed E-state index contributed by atoms with van der Waals surface area (Å²) in [5, 5.41) is 5.66. The van der Waals surface area contributed by atoms with Gasteiger partial charge in [0, 0.05) is 0 Å². The Morgan fingerprint density at radius 3 is 1.50 bits per heavy atom. The quantitative estimate of drug-likeness (QED) is 0.753. The molecule has 0 aromatic heterocycles. The Hall–Kier alpha value is -1.06. The number of hydrogen-bond acceptors (Lipinski definition) is 2. The summed E-state index contributed by atoms with van der Waals surface area (Å²) in [6.45, 7) is 8.00. The van der Waals surface area contributed by atoms with Gasteiger partial charge in [-0.3, -0.25) is 9.59 Å². The minimum atomic E-state index is -0.363. The molecule has 4 nitrogen and oxygen atoms in total. The molecule has 0 aromatic rings. The molecule has 0 radical (unpaired) electrons. The zero-order valence-electron chi connectivity index (χ0n) is 10.5. The van der Waals surface area contributed by atoms with Crippen LogP contribution in [0.5, 0.6) is 0 Å². The van der Waals surface area contributed by atoms with E-state index in [0.717, 1.165) is 12.8 Å². The average Bonchev–Trinajstić information content (AvgIpc) is 2.29. The predicted molar refractivity (Wildman–Crippen MR) is 62.8 cm³/mol. The monoisotopic (exact) mass is 226 g/mol. The van der Waals surface area contributed by atoms with Crippen LogP contribution in [0.4, 0.5) is 0 Å². The highest BCUT2D eigenvalue weighted by molar-refractivity contribution is 5.97. The molecule has 2 unspecified atom stereocenters. The third-order valence-corrected chi connectivity index (χ3v) is 3.59. The second-order valence-electron chi connectivity index (χ2n) is 4.74. The van der Waals surface area contributed by atoms with Gasteiger partial charge in [0.2, 0.25) is 11.8 Å². The molecule has 1 aliphatic heterocycles. The van der Waals surface area contributed by atoms with E-state index in [9.17, 15) is 9.59 Å². The van der Waals surface area contributed by atoms with Crippen molar-refractivity contribution in [1.82, 2.24) is 10.6 Å². The number of piperazine rings is 1. The molecule has 0 bridgehead atoms. The summed E-state index contributed by atoms with van der Waals surface area (Å²) in [5.74, 6) is 0.280. The summed E-state index contributed by atoms with van der Waals surface area (Å²) in [4.78, 5) is 23.7. The van der Waals surface area contributed by atoms with Gasteiger partial charge >= 0.3 is 0 Å². The normalized spacial score (nSPS) is 29.2. The molecule has 0 aliphatic carbocycles. The highest BCUT2D eigenvalue weighted by Gasteiger charge is 2.37. The molecule has 0 spiro atoms. The van der Waals surface area contributed by atoms with Gasteiger partial charge < -0.3 is 10.6 Å². The van der Waals surface area contributed by atoms with Gasteiger partial charge in [-0.1, -0.05) is 40.5 Å². The van der Waals surface area contributed by atoms with Crippen LogP contribution in [0.25, 0.3) is 0 Å². The third-order valence-electron chi connectivity index (χ3n) is 3.59. The van der Waals surface area contributed by atoms with Crippen LogP contribution < -0.4 is 10.6 Å². The summed E-state index contributed by atoms with van der Waals surface area (Å²) in [6, 6.07) is -0.726. The van der Waals surface area contributed by atoms with Gasteiger partial charge in [0.25, 0.3) is 0 Å². The largest absolute Gasteiger partial charge is 0.342 e. The number of rotatable bonds is 4. The van der Waals surface area contributed by atoms with E-state index in [0.29, 0.717) is 0 Å². The van der Waals surface area contributed by atoms with Crippen molar-refractivity contribution in [1.29, 1.82) is 0 Å². The molecule has 92 valence electrons. The molecule has 2 amide bonds. The first kappa shape index (κ1) is 13.0. The molecule has 0 aromatic carbocycles. The number of carbonyl (C=O) groups is 2. The van der Waals surface area contributed by atoms with E-state index in [4.69, 9.17) is 0 Å². The number of nitrogens with one attached hydrogen (secondary N) is 2. The Balaban J connectivity index is 2.71. The molecule has 1 heterocycles. The standard InChI is InChI=1S/C12H22N2O2/c1-5-7(3)9-11(15)14-10(8(4)6-2)12(16)13-9/h7-10H,5-6H2,1-4H3,(H,13,16)(H,14,15)/t7-,8-,9?,10?/m0/s1. The van der Waals surface area contributed by atoms with Crippen molar-refractivity contribution in [2.75, 3.05) is 0 Å². The molecule has 16 heavy (non-hydrogen) atoms. The Bertz CT molecular complexity index is 250. The van der Waals surface area contributed by atoms with E-state index in [1.165, 1.54) is 0 Å². The fourth-order valence-corrected chi connectivity index (χ4v) is 1.89. The summed E-state index contributed by atoms with van der Waals surface area (Å²) in [6.07, 6.45) is 1.76. The smallest absolute Gasteiger partial charge is 0.243 e. The first-order valence-corrected chi connectivity index (χ1v) is 6.12. The van der Waals surface area contributed by atoms with Gasteiger partial charge in [0.05, 0.1) is 0 Å². The van der Waals surface area contributed by atoms with Crippen LogP contribution in [0, 0.1) is 11.8 Å². The molecule has 1 aliphatic rings. The molecule has 1 fully saturated rings. The van der Waals surface area contributed by atoms with Crippen molar-refractivity contribution in [2.45, 2.75) is 52.6 Å². The Morgan fingerprint density at radius 1 is 0.938 bits per heavy atom. The third kappa shape index (κ3) is 2.54. The molecule has 0 saturated carbocycles. The zero-order chi connectivity index (χ0) is 12.3. The predicted octanol–water partition coefficient (Wildman–Crippen LogP) is 1.06. The SMILES string of the molecule is CC[C@H](C)C1NC(=O)C([C@@H](C)CC)NC1=O. The molecule has 1 rings (SSSR count). The summed E-state index contributed by atoms with van der Waals surface area (Å²) in [5.41, 5.74) is 0. The molecular weight excluding hydrogens is 204 g/mol. The van der Waals surface area contributed by atoms with Crippen molar-refractivity contribution in [2.24, 2.45) is 11.8 Å². The average molecular weight is 226 g/mol. The fraction of sp³-hybridized carbons (Fsp3) is 0.833. The van der Waals surface area contributed by atoms with Crippen molar-refractivity contribution in [3.63, 3.8) is 0 Å². The van der Waals surface area contributed by atoms with E-state index < -0.39 is 0 Å². The first-order chi connectivity index (χ1) is 7.51. The van der Waals surface area contributed by atoms with Crippen molar-refractivity contribution >= 4 is 11.8 Å². The maximum Gasteiger partial charge on any atom is 0.243 e. The molecule has 4 atom stereocenters. The van der Waals surface area contributed by atoms with Gasteiger partial charge in [-0.05, 0) is 11.8 Å². The Morgan fingerprint density at radius 2 is 1.25 bits per heavy atom. The molecular formula is C12H22N2O2. The zero-order valence-corrected chi connectivity index (χ0v) is 10.5. The first-order valence-electron chi connectivity index (χ1n) is 6.12. The highest BCUT2D eigenvalue weighted by Crippen LogP contribution is 2.16. The molecule has 1 saturated heterocycles. The van der Waals surface area contributed by atoms with Crippen LogP contribution in [0.2, 0.25) is 0 Å².